The number of benzene rings is 1. The molecule has 0 saturated carbocycles. The van der Waals surface area contributed by atoms with Crippen molar-refractivity contribution in [2.24, 2.45) is 5.92 Å². The van der Waals surface area contributed by atoms with E-state index in [2.05, 4.69) is 0 Å². The molecule has 0 aromatic heterocycles. The molecular formula is C16H21NO3. The monoisotopic (exact) mass is 275 g/mol. The van der Waals surface area contributed by atoms with Gasteiger partial charge in [-0.1, -0.05) is 37.3 Å². The third-order valence-electron chi connectivity index (χ3n) is 4.59. The summed E-state index contributed by atoms with van der Waals surface area (Å²) < 4.78 is 6.21. The summed E-state index contributed by atoms with van der Waals surface area (Å²) in [6.45, 7) is 3.84. The topological polar surface area (TPSA) is 49.8 Å². The van der Waals surface area contributed by atoms with E-state index in [-0.39, 0.29) is 30.6 Å². The first-order valence-electron chi connectivity index (χ1n) is 7.23. The van der Waals surface area contributed by atoms with Crippen molar-refractivity contribution in [2.45, 2.75) is 44.6 Å². The van der Waals surface area contributed by atoms with Crippen LogP contribution in [0.4, 0.5) is 0 Å². The number of aliphatic hydroxyl groups is 1. The fourth-order valence-corrected chi connectivity index (χ4v) is 3.43. The third-order valence-corrected chi connectivity index (χ3v) is 4.59. The van der Waals surface area contributed by atoms with E-state index in [1.54, 1.807) is 4.90 Å². The molecule has 2 heterocycles. The summed E-state index contributed by atoms with van der Waals surface area (Å²) in [5, 5.41) is 9.78. The number of nitrogens with zero attached hydrogens (tertiary/aromatic N) is 1. The minimum absolute atomic E-state index is 0.00949. The number of aliphatic hydroxyl groups excluding tert-OH is 1. The number of carbonyl (C=O) groups excluding carboxylic acids is 1. The molecule has 1 aromatic rings. The maximum atomic E-state index is 12.5. The Labute approximate surface area is 119 Å². The van der Waals surface area contributed by atoms with Crippen molar-refractivity contribution >= 4 is 5.91 Å². The Balaban J connectivity index is 1.98. The van der Waals surface area contributed by atoms with E-state index in [0.717, 1.165) is 18.4 Å². The Morgan fingerprint density at radius 1 is 1.40 bits per heavy atom. The summed E-state index contributed by atoms with van der Waals surface area (Å²) in [5.74, 6) is 0.103. The van der Waals surface area contributed by atoms with Crippen LogP contribution in [0.25, 0.3) is 0 Å². The van der Waals surface area contributed by atoms with Gasteiger partial charge in [-0.05, 0) is 25.3 Å². The van der Waals surface area contributed by atoms with Crippen LogP contribution in [0.3, 0.4) is 0 Å². The highest BCUT2D eigenvalue weighted by Crippen LogP contribution is 2.46. The molecule has 1 aromatic carbocycles. The van der Waals surface area contributed by atoms with Crippen LogP contribution in [-0.4, -0.2) is 34.3 Å². The van der Waals surface area contributed by atoms with Gasteiger partial charge in [0.25, 0.3) is 0 Å². The van der Waals surface area contributed by atoms with Gasteiger partial charge < -0.3 is 14.7 Å². The van der Waals surface area contributed by atoms with Gasteiger partial charge in [0, 0.05) is 5.92 Å². The fraction of sp³-hybridized carbons (Fsp3) is 0.562. The van der Waals surface area contributed by atoms with Crippen molar-refractivity contribution in [1.82, 2.24) is 4.90 Å². The Morgan fingerprint density at radius 3 is 2.75 bits per heavy atom. The summed E-state index contributed by atoms with van der Waals surface area (Å²) in [7, 11) is 0. The largest absolute Gasteiger partial charge is 0.394 e. The van der Waals surface area contributed by atoms with Crippen molar-refractivity contribution in [2.75, 3.05) is 6.61 Å². The summed E-state index contributed by atoms with van der Waals surface area (Å²) in [6, 6.07) is 9.55. The molecule has 0 unspecified atom stereocenters. The zero-order valence-electron chi connectivity index (χ0n) is 12.0. The molecule has 0 radical (unpaired) electrons. The first-order valence-corrected chi connectivity index (χ1v) is 7.23. The Kier molecular flexibility index (Phi) is 3.30. The van der Waals surface area contributed by atoms with E-state index in [0.29, 0.717) is 0 Å². The first kappa shape index (κ1) is 13.6. The molecular weight excluding hydrogens is 254 g/mol. The van der Waals surface area contributed by atoms with Crippen LogP contribution in [0.15, 0.2) is 30.3 Å². The molecule has 2 saturated heterocycles. The van der Waals surface area contributed by atoms with Gasteiger partial charge in [-0.25, -0.2) is 0 Å². The highest BCUT2D eigenvalue weighted by molar-refractivity contribution is 5.80. The number of rotatable bonds is 2. The zero-order chi connectivity index (χ0) is 14.3. The first-order chi connectivity index (χ1) is 9.57. The molecule has 3 rings (SSSR count). The Hall–Kier alpha value is -1.39. The molecule has 0 bridgehead atoms. The molecule has 0 aliphatic carbocycles. The van der Waals surface area contributed by atoms with E-state index in [4.69, 9.17) is 4.74 Å². The maximum Gasteiger partial charge on any atom is 0.228 e. The van der Waals surface area contributed by atoms with E-state index in [1.165, 1.54) is 0 Å². The highest BCUT2D eigenvalue weighted by atomic mass is 16.5. The summed E-state index contributed by atoms with van der Waals surface area (Å²) in [5.41, 5.74) is 0.431. The average molecular weight is 275 g/mol. The average Bonchev–Trinajstić information content (AvgIpc) is 2.78. The molecule has 4 heteroatoms. The second-order valence-corrected chi connectivity index (χ2v) is 6.02. The second-order valence-electron chi connectivity index (χ2n) is 6.02. The van der Waals surface area contributed by atoms with Crippen molar-refractivity contribution in [1.29, 1.82) is 0 Å². The van der Waals surface area contributed by atoms with Gasteiger partial charge in [-0.15, -0.1) is 0 Å². The predicted molar refractivity (Wildman–Crippen MR) is 74.8 cm³/mol. The molecule has 1 N–H and O–H groups in total. The number of carbonyl (C=O) groups is 1. The number of ether oxygens (including phenoxy) is 1. The lowest BCUT2D eigenvalue weighted by Crippen LogP contribution is -2.55. The predicted octanol–water partition coefficient (Wildman–Crippen LogP) is 2.09. The lowest BCUT2D eigenvalue weighted by Gasteiger charge is -2.42. The highest BCUT2D eigenvalue weighted by Gasteiger charge is 2.55. The smallest absolute Gasteiger partial charge is 0.228 e. The van der Waals surface area contributed by atoms with Crippen LogP contribution in [0, 0.1) is 5.92 Å². The molecule has 2 fully saturated rings. The number of fused-ring (bicyclic) bond motifs is 1. The van der Waals surface area contributed by atoms with E-state index in [1.807, 2.05) is 44.2 Å². The molecule has 0 spiro atoms. The molecule has 108 valence electrons. The second kappa shape index (κ2) is 4.86. The van der Waals surface area contributed by atoms with Gasteiger partial charge in [-0.3, -0.25) is 4.79 Å². The standard InChI is InChI=1S/C16H21NO3/c1-11-8-9-16(2)17(15(11)19)13(10-18)14(20-16)12-6-4-3-5-7-12/h3-7,11,13-14,18H,8-10H2,1-2H3/t11-,13+,14+,16-/m1/s1. The number of piperidine rings is 1. The number of amides is 1. The molecule has 2 aliphatic rings. The molecule has 4 nitrogen and oxygen atoms in total. The number of hydrogen-bond donors (Lipinski definition) is 1. The van der Waals surface area contributed by atoms with Gasteiger partial charge in [0.15, 0.2) is 0 Å². The van der Waals surface area contributed by atoms with Crippen LogP contribution in [0.5, 0.6) is 0 Å². The molecule has 1 amide bonds. The van der Waals surface area contributed by atoms with Gasteiger partial charge in [0.05, 0.1) is 12.6 Å². The number of hydrogen-bond acceptors (Lipinski definition) is 3. The van der Waals surface area contributed by atoms with Crippen LogP contribution in [0.2, 0.25) is 0 Å². The van der Waals surface area contributed by atoms with Crippen molar-refractivity contribution < 1.29 is 14.6 Å². The summed E-state index contributed by atoms with van der Waals surface area (Å²) in [4.78, 5) is 14.3. The minimum Gasteiger partial charge on any atom is -0.394 e. The van der Waals surface area contributed by atoms with E-state index in [9.17, 15) is 9.90 Å². The van der Waals surface area contributed by atoms with Gasteiger partial charge >= 0.3 is 0 Å². The molecule has 4 atom stereocenters. The molecule has 2 aliphatic heterocycles. The lowest BCUT2D eigenvalue weighted by atomic mass is 9.90. The van der Waals surface area contributed by atoms with E-state index >= 15 is 0 Å². The van der Waals surface area contributed by atoms with Crippen molar-refractivity contribution in [3.63, 3.8) is 0 Å². The normalized spacial score (nSPS) is 37.0. The Morgan fingerprint density at radius 2 is 2.10 bits per heavy atom. The van der Waals surface area contributed by atoms with Crippen LogP contribution in [-0.2, 0) is 9.53 Å². The quantitative estimate of drug-likeness (QED) is 0.899. The van der Waals surface area contributed by atoms with Gasteiger partial charge in [0.1, 0.15) is 11.8 Å². The zero-order valence-corrected chi connectivity index (χ0v) is 12.0. The Bertz CT molecular complexity index is 504. The third kappa shape index (κ3) is 1.95. The van der Waals surface area contributed by atoms with Crippen LogP contribution in [0.1, 0.15) is 38.4 Å². The SMILES string of the molecule is C[C@@H]1CC[C@@]2(C)O[C@@H](c3ccccc3)[C@H](CO)N2C1=O. The van der Waals surface area contributed by atoms with Gasteiger partial charge in [0.2, 0.25) is 5.91 Å². The van der Waals surface area contributed by atoms with Crippen LogP contribution >= 0.6 is 0 Å². The van der Waals surface area contributed by atoms with Gasteiger partial charge in [-0.2, -0.15) is 0 Å². The summed E-state index contributed by atoms with van der Waals surface area (Å²) in [6.07, 6.45) is 1.41. The van der Waals surface area contributed by atoms with E-state index < -0.39 is 5.72 Å². The van der Waals surface area contributed by atoms with Crippen molar-refractivity contribution in [3.05, 3.63) is 35.9 Å². The lowest BCUT2D eigenvalue weighted by molar-refractivity contribution is -0.165. The maximum absolute atomic E-state index is 12.5. The summed E-state index contributed by atoms with van der Waals surface area (Å²) >= 11 is 0. The molecule has 20 heavy (non-hydrogen) atoms. The minimum atomic E-state index is -0.586. The van der Waals surface area contributed by atoms with Crippen molar-refractivity contribution in [3.8, 4) is 0 Å². The van der Waals surface area contributed by atoms with Crippen LogP contribution < -0.4 is 0 Å². The fourth-order valence-electron chi connectivity index (χ4n) is 3.43.